The van der Waals surface area contributed by atoms with Gasteiger partial charge in [0.1, 0.15) is 0 Å². The molecule has 0 fully saturated rings. The maximum atomic E-state index is 10.6. The Kier molecular flexibility index (Phi) is 3.90. The number of hydrogen-bond donors (Lipinski definition) is 1. The molecule has 0 aliphatic carbocycles. The Morgan fingerprint density at radius 2 is 1.89 bits per heavy atom. The minimum absolute atomic E-state index is 0.471. The number of benzene rings is 2. The number of nitriles is 1. The molecule has 0 aromatic heterocycles. The van der Waals surface area contributed by atoms with Crippen molar-refractivity contribution in [2.45, 2.75) is 18.9 Å². The van der Waals surface area contributed by atoms with E-state index >= 15 is 0 Å². The maximum absolute atomic E-state index is 10.6. The predicted molar refractivity (Wildman–Crippen MR) is 75.9 cm³/mol. The van der Waals surface area contributed by atoms with Crippen molar-refractivity contribution in [3.63, 3.8) is 0 Å². The van der Waals surface area contributed by atoms with Crippen LogP contribution in [-0.2, 0) is 12.0 Å². The van der Waals surface area contributed by atoms with E-state index in [4.69, 9.17) is 16.9 Å². The van der Waals surface area contributed by atoms with Gasteiger partial charge < -0.3 is 5.11 Å². The zero-order valence-corrected chi connectivity index (χ0v) is 11.4. The predicted octanol–water partition coefficient (Wildman–Crippen LogP) is 3.66. The molecule has 0 saturated heterocycles. The van der Waals surface area contributed by atoms with E-state index in [0.717, 1.165) is 11.1 Å². The molecule has 0 spiro atoms. The van der Waals surface area contributed by atoms with Crippen LogP contribution in [0.15, 0.2) is 48.5 Å². The highest BCUT2D eigenvalue weighted by atomic mass is 35.5. The lowest BCUT2D eigenvalue weighted by Gasteiger charge is -2.24. The molecule has 2 rings (SSSR count). The van der Waals surface area contributed by atoms with Crippen LogP contribution in [0.25, 0.3) is 0 Å². The first-order valence-corrected chi connectivity index (χ1v) is 6.36. The summed E-state index contributed by atoms with van der Waals surface area (Å²) in [7, 11) is 0. The molecule has 2 aromatic rings. The second kappa shape index (κ2) is 5.44. The number of hydrogen-bond acceptors (Lipinski definition) is 2. The number of nitrogens with zero attached hydrogens (tertiary/aromatic N) is 1. The molecule has 0 amide bonds. The standard InChI is InChI=1S/C16H14ClNO/c1-16(19,10-12-5-7-15(17)8-6-12)14-4-2-3-13(9-14)11-18/h2-9,19H,10H2,1H3. The van der Waals surface area contributed by atoms with Gasteiger partial charge in [0.2, 0.25) is 0 Å². The monoisotopic (exact) mass is 271 g/mol. The summed E-state index contributed by atoms with van der Waals surface area (Å²) in [5.74, 6) is 0. The van der Waals surface area contributed by atoms with Crippen LogP contribution in [0.1, 0.15) is 23.6 Å². The molecule has 19 heavy (non-hydrogen) atoms. The van der Waals surface area contributed by atoms with Crippen molar-refractivity contribution in [3.05, 3.63) is 70.2 Å². The fraction of sp³-hybridized carbons (Fsp3) is 0.188. The molecule has 0 saturated carbocycles. The molecule has 1 atom stereocenters. The Morgan fingerprint density at radius 3 is 2.53 bits per heavy atom. The number of halogens is 1. The molecule has 0 bridgehead atoms. The van der Waals surface area contributed by atoms with Gasteiger partial charge in [-0.1, -0.05) is 35.9 Å². The smallest absolute Gasteiger partial charge is 0.0991 e. The summed E-state index contributed by atoms with van der Waals surface area (Å²) in [5, 5.41) is 20.2. The minimum Gasteiger partial charge on any atom is -0.385 e. The number of aliphatic hydroxyl groups is 1. The summed E-state index contributed by atoms with van der Waals surface area (Å²) in [6.45, 7) is 1.75. The molecule has 2 aromatic carbocycles. The van der Waals surface area contributed by atoms with E-state index in [0.29, 0.717) is 17.0 Å². The van der Waals surface area contributed by atoms with Crippen LogP contribution in [-0.4, -0.2) is 5.11 Å². The highest BCUT2D eigenvalue weighted by Crippen LogP contribution is 2.26. The summed E-state index contributed by atoms with van der Waals surface area (Å²) in [6.07, 6.45) is 0.471. The van der Waals surface area contributed by atoms with Crippen LogP contribution >= 0.6 is 11.6 Å². The molecule has 96 valence electrons. The van der Waals surface area contributed by atoms with Gasteiger partial charge in [0.15, 0.2) is 0 Å². The zero-order valence-electron chi connectivity index (χ0n) is 10.6. The fourth-order valence-electron chi connectivity index (χ4n) is 2.03. The van der Waals surface area contributed by atoms with Crippen molar-refractivity contribution in [2.75, 3.05) is 0 Å². The Balaban J connectivity index is 2.26. The molecule has 1 unspecified atom stereocenters. The van der Waals surface area contributed by atoms with Crippen molar-refractivity contribution in [2.24, 2.45) is 0 Å². The van der Waals surface area contributed by atoms with E-state index in [1.807, 2.05) is 18.2 Å². The first-order valence-electron chi connectivity index (χ1n) is 5.99. The van der Waals surface area contributed by atoms with Gasteiger partial charge in [-0.05, 0) is 42.3 Å². The third-order valence-electron chi connectivity index (χ3n) is 3.08. The second-order valence-electron chi connectivity index (χ2n) is 4.77. The zero-order chi connectivity index (χ0) is 13.9. The molecular weight excluding hydrogens is 258 g/mol. The van der Waals surface area contributed by atoms with E-state index in [2.05, 4.69) is 6.07 Å². The van der Waals surface area contributed by atoms with Crippen LogP contribution < -0.4 is 0 Å². The summed E-state index contributed by atoms with van der Waals surface area (Å²) in [6, 6.07) is 16.5. The number of rotatable bonds is 3. The third-order valence-corrected chi connectivity index (χ3v) is 3.33. The van der Waals surface area contributed by atoms with Crippen LogP contribution in [0.3, 0.4) is 0 Å². The Bertz CT molecular complexity index is 611. The van der Waals surface area contributed by atoms with Crippen LogP contribution in [0.5, 0.6) is 0 Å². The molecule has 1 N–H and O–H groups in total. The van der Waals surface area contributed by atoms with E-state index in [1.54, 1.807) is 37.3 Å². The average molecular weight is 272 g/mol. The first kappa shape index (κ1) is 13.6. The van der Waals surface area contributed by atoms with Crippen molar-refractivity contribution in [3.8, 4) is 6.07 Å². The lowest BCUT2D eigenvalue weighted by molar-refractivity contribution is 0.0576. The van der Waals surface area contributed by atoms with E-state index in [9.17, 15) is 5.11 Å². The summed E-state index contributed by atoms with van der Waals surface area (Å²) in [4.78, 5) is 0. The van der Waals surface area contributed by atoms with Gasteiger partial charge in [-0.15, -0.1) is 0 Å². The van der Waals surface area contributed by atoms with Crippen molar-refractivity contribution < 1.29 is 5.11 Å². The highest BCUT2D eigenvalue weighted by molar-refractivity contribution is 6.30. The van der Waals surface area contributed by atoms with Gasteiger partial charge in [-0.25, -0.2) is 0 Å². The van der Waals surface area contributed by atoms with Crippen LogP contribution in [0, 0.1) is 11.3 Å². The second-order valence-corrected chi connectivity index (χ2v) is 5.21. The first-order chi connectivity index (χ1) is 9.01. The van der Waals surface area contributed by atoms with Gasteiger partial charge in [0, 0.05) is 11.4 Å². The topological polar surface area (TPSA) is 44.0 Å². The summed E-state index contributed by atoms with van der Waals surface area (Å²) < 4.78 is 0. The molecule has 0 aliphatic rings. The maximum Gasteiger partial charge on any atom is 0.0991 e. The van der Waals surface area contributed by atoms with E-state index < -0.39 is 5.60 Å². The van der Waals surface area contributed by atoms with Crippen LogP contribution in [0.4, 0.5) is 0 Å². The quantitative estimate of drug-likeness (QED) is 0.926. The van der Waals surface area contributed by atoms with E-state index in [-0.39, 0.29) is 0 Å². The minimum atomic E-state index is -1.01. The van der Waals surface area contributed by atoms with Crippen LogP contribution in [0.2, 0.25) is 5.02 Å². The SMILES string of the molecule is CC(O)(Cc1ccc(Cl)cc1)c1cccc(C#N)c1. The average Bonchev–Trinajstić information content (AvgIpc) is 2.41. The lowest BCUT2D eigenvalue weighted by Crippen LogP contribution is -2.24. The molecule has 3 heteroatoms. The molecule has 0 radical (unpaired) electrons. The highest BCUT2D eigenvalue weighted by Gasteiger charge is 2.23. The molecule has 2 nitrogen and oxygen atoms in total. The summed E-state index contributed by atoms with van der Waals surface area (Å²) in [5.41, 5.74) is 1.27. The lowest BCUT2D eigenvalue weighted by atomic mass is 9.88. The van der Waals surface area contributed by atoms with Gasteiger partial charge in [-0.3, -0.25) is 0 Å². The van der Waals surface area contributed by atoms with Gasteiger partial charge in [0.25, 0.3) is 0 Å². The third kappa shape index (κ3) is 3.35. The summed E-state index contributed by atoms with van der Waals surface area (Å²) >= 11 is 5.84. The van der Waals surface area contributed by atoms with E-state index in [1.165, 1.54) is 0 Å². The van der Waals surface area contributed by atoms with Crippen molar-refractivity contribution >= 4 is 11.6 Å². The Hall–Kier alpha value is -1.82. The van der Waals surface area contributed by atoms with Gasteiger partial charge in [0.05, 0.1) is 17.2 Å². The van der Waals surface area contributed by atoms with Gasteiger partial charge in [-0.2, -0.15) is 5.26 Å². The fourth-order valence-corrected chi connectivity index (χ4v) is 2.15. The van der Waals surface area contributed by atoms with Gasteiger partial charge >= 0.3 is 0 Å². The molecule has 0 aliphatic heterocycles. The molecular formula is C16H14ClNO. The normalized spacial score (nSPS) is 13.6. The van der Waals surface area contributed by atoms with Crippen molar-refractivity contribution in [1.82, 2.24) is 0 Å². The largest absolute Gasteiger partial charge is 0.385 e. The van der Waals surface area contributed by atoms with Crippen molar-refractivity contribution in [1.29, 1.82) is 5.26 Å². The Morgan fingerprint density at radius 1 is 1.21 bits per heavy atom. The Labute approximate surface area is 117 Å². The molecule has 0 heterocycles.